The molecule has 0 radical (unpaired) electrons. The topological polar surface area (TPSA) is 132 Å². The Labute approximate surface area is 230 Å². The highest BCUT2D eigenvalue weighted by molar-refractivity contribution is 6.24. The second-order valence-corrected chi connectivity index (χ2v) is 12.8. The predicted molar refractivity (Wildman–Crippen MR) is 148 cm³/mol. The maximum Gasteiger partial charge on any atom is 0.203 e. The van der Waals surface area contributed by atoms with Crippen LogP contribution in [0.3, 0.4) is 0 Å². The van der Waals surface area contributed by atoms with Gasteiger partial charge in [0.2, 0.25) is 5.78 Å². The average Bonchev–Trinajstić information content (AvgIpc) is 2.82. The van der Waals surface area contributed by atoms with Gasteiger partial charge in [-0.15, -0.1) is 0 Å². The van der Waals surface area contributed by atoms with Crippen molar-refractivity contribution in [3.63, 3.8) is 0 Å². The first-order valence-corrected chi connectivity index (χ1v) is 14.1. The number of aliphatic hydroxyl groups excluding tert-OH is 2. The van der Waals surface area contributed by atoms with Crippen molar-refractivity contribution in [1.29, 1.82) is 0 Å². The third-order valence-electron chi connectivity index (χ3n) is 9.96. The number of ketones is 3. The number of phenols is 1. The van der Waals surface area contributed by atoms with Crippen LogP contribution in [-0.4, -0.2) is 43.4 Å². The van der Waals surface area contributed by atoms with Crippen LogP contribution < -0.4 is 0 Å². The molecule has 0 bridgehead atoms. The molecule has 7 heteroatoms. The molecule has 0 aromatic heterocycles. The molecule has 3 aliphatic carbocycles. The molecule has 1 fully saturated rings. The maximum absolute atomic E-state index is 14.3. The van der Waals surface area contributed by atoms with E-state index in [4.69, 9.17) is 0 Å². The quantitative estimate of drug-likeness (QED) is 0.334. The van der Waals surface area contributed by atoms with Gasteiger partial charge in [-0.25, -0.2) is 0 Å². The Bertz CT molecular complexity index is 1310. The van der Waals surface area contributed by atoms with Crippen molar-refractivity contribution >= 4 is 23.1 Å². The monoisotopic (exact) mass is 538 g/mol. The molecule has 4 rings (SSSR count). The van der Waals surface area contributed by atoms with Crippen LogP contribution in [0.2, 0.25) is 0 Å². The summed E-state index contributed by atoms with van der Waals surface area (Å²) in [6.45, 7) is 12.5. The predicted octanol–water partition coefficient (Wildman–Crippen LogP) is 5.56. The van der Waals surface area contributed by atoms with Crippen LogP contribution in [0.1, 0.15) is 90.8 Å². The number of benzene rings is 1. The Morgan fingerprint density at radius 3 is 2.23 bits per heavy atom. The van der Waals surface area contributed by atoms with E-state index in [0.29, 0.717) is 12.3 Å². The second kappa shape index (κ2) is 9.61. The molecule has 1 saturated carbocycles. The minimum Gasteiger partial charge on any atom is -0.508 e. The number of fused-ring (bicyclic) bond motifs is 3. The van der Waals surface area contributed by atoms with Gasteiger partial charge in [0.25, 0.3) is 0 Å². The van der Waals surface area contributed by atoms with E-state index in [1.807, 2.05) is 13.0 Å². The lowest BCUT2D eigenvalue weighted by molar-refractivity contribution is -0.178. The molecule has 7 nitrogen and oxygen atoms in total. The number of aliphatic hydroxyl groups is 3. The fourth-order valence-corrected chi connectivity index (χ4v) is 8.07. The van der Waals surface area contributed by atoms with Crippen molar-refractivity contribution < 1.29 is 34.8 Å². The summed E-state index contributed by atoms with van der Waals surface area (Å²) in [6.07, 6.45) is 4.23. The van der Waals surface area contributed by atoms with Crippen LogP contribution >= 0.6 is 0 Å². The molecule has 0 saturated heterocycles. The number of carbonyl (C=O) groups excluding carboxylic acids is 3. The fraction of sp³-hybridized carbons (Fsp3) is 0.594. The zero-order valence-corrected chi connectivity index (χ0v) is 24.1. The van der Waals surface area contributed by atoms with Crippen LogP contribution in [0.5, 0.6) is 5.75 Å². The van der Waals surface area contributed by atoms with Crippen LogP contribution in [0.25, 0.3) is 5.76 Å². The number of Topliss-reactive ketones (excluding diaryl/α,β-unsaturated/α-hetero) is 3. The Balaban J connectivity index is 1.97. The van der Waals surface area contributed by atoms with Crippen molar-refractivity contribution in [3.8, 4) is 5.75 Å². The van der Waals surface area contributed by atoms with Crippen LogP contribution in [-0.2, 0) is 27.2 Å². The third-order valence-corrected chi connectivity index (χ3v) is 9.96. The minimum absolute atomic E-state index is 0.0891. The summed E-state index contributed by atoms with van der Waals surface area (Å²) in [7, 11) is 0. The first-order valence-electron chi connectivity index (χ1n) is 14.1. The van der Waals surface area contributed by atoms with Gasteiger partial charge in [0.05, 0.1) is 5.56 Å². The van der Waals surface area contributed by atoms with E-state index < -0.39 is 56.8 Å². The number of phenolic OH excluding ortho intramolecular Hbond substituents is 1. The summed E-state index contributed by atoms with van der Waals surface area (Å²) >= 11 is 0. The van der Waals surface area contributed by atoms with Crippen LogP contribution in [0.15, 0.2) is 29.0 Å². The molecule has 1 aromatic rings. The average molecular weight is 539 g/mol. The Morgan fingerprint density at radius 2 is 1.69 bits per heavy atom. The lowest BCUT2D eigenvalue weighted by Gasteiger charge is -2.59. The molecule has 4 N–H and O–H groups in total. The lowest BCUT2D eigenvalue weighted by atomic mass is 9.43. The van der Waals surface area contributed by atoms with E-state index >= 15 is 0 Å². The van der Waals surface area contributed by atoms with E-state index in [0.717, 1.165) is 43.7 Å². The highest BCUT2D eigenvalue weighted by atomic mass is 16.3. The smallest absolute Gasteiger partial charge is 0.203 e. The zero-order valence-electron chi connectivity index (χ0n) is 24.1. The van der Waals surface area contributed by atoms with E-state index in [2.05, 4.69) is 13.8 Å². The Kier molecular flexibility index (Phi) is 7.16. The summed E-state index contributed by atoms with van der Waals surface area (Å²) < 4.78 is 0. The highest BCUT2D eigenvalue weighted by Gasteiger charge is 2.72. The molecule has 0 amide bonds. The summed E-state index contributed by atoms with van der Waals surface area (Å²) in [5.74, 6) is -4.48. The molecule has 3 aliphatic rings. The summed E-state index contributed by atoms with van der Waals surface area (Å²) in [5, 5.41) is 45.8. The minimum atomic E-state index is -2.58. The molecule has 1 aromatic carbocycles. The third kappa shape index (κ3) is 3.91. The van der Waals surface area contributed by atoms with Gasteiger partial charge in [0, 0.05) is 22.3 Å². The fourth-order valence-electron chi connectivity index (χ4n) is 8.07. The molecule has 4 atom stereocenters. The first kappa shape index (κ1) is 29.1. The van der Waals surface area contributed by atoms with Gasteiger partial charge < -0.3 is 20.4 Å². The molecule has 212 valence electrons. The number of hydrogen-bond donors (Lipinski definition) is 4. The van der Waals surface area contributed by atoms with E-state index in [1.54, 1.807) is 20.8 Å². The van der Waals surface area contributed by atoms with Gasteiger partial charge in [-0.3, -0.25) is 14.4 Å². The lowest BCUT2D eigenvalue weighted by Crippen LogP contribution is -2.69. The Hall–Kier alpha value is -2.93. The first-order chi connectivity index (χ1) is 18.1. The van der Waals surface area contributed by atoms with Crippen molar-refractivity contribution in [2.75, 3.05) is 0 Å². The van der Waals surface area contributed by atoms with E-state index in [9.17, 15) is 34.8 Å². The standard InChI is InChI=1S/C32H42O7/c1-8-18(9-2)10-11-19-12-13-21(34)23-20(19)14-30(6)15-31(7)24(16(3)4)26(35)22(17(5)33)28(37)32(31,39)29(38)25(30)27(23)36/h12-13,16,18,24,34,36-37,39H,8-11,14-15H2,1-7H3/t24?,30-,31-,32+/m1/s1. The van der Waals surface area contributed by atoms with Crippen molar-refractivity contribution in [1.82, 2.24) is 0 Å². The molecule has 1 unspecified atom stereocenters. The number of aryl methyl sites for hydroxylation is 1. The van der Waals surface area contributed by atoms with Gasteiger partial charge in [-0.1, -0.05) is 60.5 Å². The highest BCUT2D eigenvalue weighted by Crippen LogP contribution is 2.65. The van der Waals surface area contributed by atoms with Crippen molar-refractivity contribution in [3.05, 3.63) is 45.7 Å². The largest absolute Gasteiger partial charge is 0.508 e. The van der Waals surface area contributed by atoms with E-state index in [-0.39, 0.29) is 29.2 Å². The number of hydrogen-bond acceptors (Lipinski definition) is 7. The Morgan fingerprint density at radius 1 is 1.08 bits per heavy atom. The van der Waals surface area contributed by atoms with Crippen LogP contribution in [0, 0.1) is 28.6 Å². The van der Waals surface area contributed by atoms with Gasteiger partial charge >= 0.3 is 0 Å². The molecular weight excluding hydrogens is 496 g/mol. The number of rotatable bonds is 7. The van der Waals surface area contributed by atoms with Gasteiger partial charge in [0.15, 0.2) is 17.2 Å². The molecule has 0 heterocycles. The van der Waals surface area contributed by atoms with Crippen molar-refractivity contribution in [2.45, 2.75) is 92.6 Å². The molecule has 0 spiro atoms. The molecule has 0 aliphatic heterocycles. The molecular formula is C32H42O7. The zero-order chi connectivity index (χ0) is 29.2. The van der Waals surface area contributed by atoms with Gasteiger partial charge in [0.1, 0.15) is 22.8 Å². The summed E-state index contributed by atoms with van der Waals surface area (Å²) in [5.41, 5.74) is -3.75. The van der Waals surface area contributed by atoms with E-state index in [1.165, 1.54) is 6.07 Å². The second-order valence-electron chi connectivity index (χ2n) is 12.8. The number of aromatic hydroxyl groups is 1. The number of carbonyl (C=O) groups is 3. The summed E-state index contributed by atoms with van der Waals surface area (Å²) in [6, 6.07) is 3.39. The number of allylic oxidation sites excluding steroid dienone is 1. The maximum atomic E-state index is 14.3. The SMILES string of the molecule is CCC(CC)CCc1ccc(O)c2c1C[C@]1(C)C[C@]3(C)C(C(C)C)C(=O)C(C(C)=O)=C(O)[C@]3(O)C(=O)C1=C2O. The van der Waals surface area contributed by atoms with Crippen molar-refractivity contribution in [2.24, 2.45) is 28.6 Å². The molecule has 39 heavy (non-hydrogen) atoms. The summed E-state index contributed by atoms with van der Waals surface area (Å²) in [4.78, 5) is 40.4. The van der Waals surface area contributed by atoms with Gasteiger partial charge in [-0.05, 0) is 61.6 Å². The van der Waals surface area contributed by atoms with Crippen LogP contribution in [0.4, 0.5) is 0 Å². The van der Waals surface area contributed by atoms with Gasteiger partial charge in [-0.2, -0.15) is 0 Å². The normalized spacial score (nSPS) is 30.6.